The standard InChI is InChI=1S/C23H27NO7.K.H/c1-23(2,3)31-22(27)24-18(14-9-7-6-8-10-14)19(21(25)26)30-20(24)16-12-11-15(28-4)13-17(16)29-5;;/h6-13,18-20H,1-5H3,(H,25,26);;/q;+1;-1/t18-,19+,20?;;/m0../s1. The van der Waals surface area contributed by atoms with Gasteiger partial charge < -0.3 is 25.5 Å². The van der Waals surface area contributed by atoms with Crippen molar-refractivity contribution in [2.24, 2.45) is 0 Å². The minimum Gasteiger partial charge on any atom is -1.00 e. The minimum absolute atomic E-state index is 0. The molecule has 1 aliphatic rings. The molecular weight excluding hydrogens is 441 g/mol. The van der Waals surface area contributed by atoms with Gasteiger partial charge in [0.1, 0.15) is 23.1 Å². The van der Waals surface area contributed by atoms with Gasteiger partial charge in [0.15, 0.2) is 12.3 Å². The van der Waals surface area contributed by atoms with Crippen LogP contribution >= 0.6 is 0 Å². The third-order valence-electron chi connectivity index (χ3n) is 4.81. The summed E-state index contributed by atoms with van der Waals surface area (Å²) in [6.07, 6.45) is -3.03. The van der Waals surface area contributed by atoms with Gasteiger partial charge >= 0.3 is 63.4 Å². The smallest absolute Gasteiger partial charge is 1.00 e. The van der Waals surface area contributed by atoms with Crippen molar-refractivity contribution in [3.63, 3.8) is 0 Å². The third-order valence-corrected chi connectivity index (χ3v) is 4.81. The third kappa shape index (κ3) is 5.83. The summed E-state index contributed by atoms with van der Waals surface area (Å²) in [5.41, 5.74) is 0.323. The van der Waals surface area contributed by atoms with Crippen molar-refractivity contribution < 1.29 is 86.5 Å². The summed E-state index contributed by atoms with van der Waals surface area (Å²) in [6, 6.07) is 13.0. The van der Waals surface area contributed by atoms with Crippen LogP contribution in [0.5, 0.6) is 11.5 Å². The van der Waals surface area contributed by atoms with E-state index in [-0.39, 0.29) is 52.8 Å². The van der Waals surface area contributed by atoms with E-state index in [1.807, 2.05) is 6.07 Å². The van der Waals surface area contributed by atoms with Gasteiger partial charge in [0.25, 0.3) is 0 Å². The molecule has 0 saturated carbocycles. The average molecular weight is 470 g/mol. The Hall–Kier alpha value is -1.62. The van der Waals surface area contributed by atoms with E-state index in [1.54, 1.807) is 63.2 Å². The summed E-state index contributed by atoms with van der Waals surface area (Å²) in [6.45, 7) is 5.24. The van der Waals surface area contributed by atoms with Crippen LogP contribution in [0.3, 0.4) is 0 Å². The molecule has 0 radical (unpaired) electrons. The van der Waals surface area contributed by atoms with Crippen LogP contribution < -0.4 is 60.9 Å². The van der Waals surface area contributed by atoms with E-state index in [0.29, 0.717) is 22.6 Å². The first-order valence-electron chi connectivity index (χ1n) is 9.82. The molecule has 2 aromatic rings. The monoisotopic (exact) mass is 469 g/mol. The number of rotatable bonds is 5. The number of carbonyl (C=O) groups excluding carboxylic acids is 1. The number of hydrogen-bond donors (Lipinski definition) is 1. The number of methoxy groups -OCH3 is 2. The molecule has 3 rings (SSSR count). The van der Waals surface area contributed by atoms with Crippen molar-refractivity contribution in [3.8, 4) is 11.5 Å². The number of carboxylic acid groups (broad SMARTS) is 1. The number of carbonyl (C=O) groups is 2. The Kier molecular flexibility index (Phi) is 9.15. The molecule has 1 fully saturated rings. The Morgan fingerprint density at radius 2 is 1.72 bits per heavy atom. The SMILES string of the molecule is COc1ccc(C2O[C@@H](C(=O)O)[C@H](c3ccccc3)N2C(=O)OC(C)(C)C)c(OC)c1.[H-].[K+]. The molecule has 1 unspecified atom stereocenters. The Labute approximate surface area is 231 Å². The van der Waals surface area contributed by atoms with Gasteiger partial charge in [-0.25, -0.2) is 9.59 Å². The molecule has 0 aliphatic carbocycles. The second-order valence-electron chi connectivity index (χ2n) is 8.10. The average Bonchev–Trinajstić information content (AvgIpc) is 3.13. The maximum atomic E-state index is 13.3. The van der Waals surface area contributed by atoms with Gasteiger partial charge in [-0.1, -0.05) is 30.3 Å². The van der Waals surface area contributed by atoms with Crippen molar-refractivity contribution >= 4 is 12.1 Å². The van der Waals surface area contributed by atoms with E-state index in [0.717, 1.165) is 0 Å². The summed E-state index contributed by atoms with van der Waals surface area (Å²) < 4.78 is 22.3. The summed E-state index contributed by atoms with van der Waals surface area (Å²) in [7, 11) is 3.01. The van der Waals surface area contributed by atoms with E-state index in [4.69, 9.17) is 18.9 Å². The topological polar surface area (TPSA) is 94.5 Å². The van der Waals surface area contributed by atoms with Crippen molar-refractivity contribution in [2.45, 2.75) is 44.7 Å². The number of nitrogens with zero attached hydrogens (tertiary/aromatic N) is 1. The van der Waals surface area contributed by atoms with Gasteiger partial charge in [-0.15, -0.1) is 0 Å². The first-order valence-corrected chi connectivity index (χ1v) is 9.82. The Morgan fingerprint density at radius 1 is 1.06 bits per heavy atom. The van der Waals surface area contributed by atoms with Crippen molar-refractivity contribution in [1.29, 1.82) is 0 Å². The molecule has 1 N–H and O–H groups in total. The molecule has 3 atom stereocenters. The molecule has 2 aromatic carbocycles. The van der Waals surface area contributed by atoms with Crippen molar-refractivity contribution in [2.75, 3.05) is 14.2 Å². The van der Waals surface area contributed by atoms with Gasteiger partial charge in [-0.05, 0) is 38.5 Å². The second-order valence-corrected chi connectivity index (χ2v) is 8.10. The maximum absolute atomic E-state index is 13.3. The summed E-state index contributed by atoms with van der Waals surface area (Å²) >= 11 is 0. The van der Waals surface area contributed by atoms with Crippen LogP contribution in [0.2, 0.25) is 0 Å². The van der Waals surface area contributed by atoms with Crippen LogP contribution in [0.15, 0.2) is 48.5 Å². The number of hydrogen-bond acceptors (Lipinski definition) is 6. The molecule has 1 amide bonds. The molecule has 9 heteroatoms. The van der Waals surface area contributed by atoms with Crippen LogP contribution in [-0.4, -0.2) is 48.0 Å². The normalized spacial score (nSPS) is 20.3. The zero-order valence-corrected chi connectivity index (χ0v) is 22.3. The van der Waals surface area contributed by atoms with Crippen LogP contribution in [0.4, 0.5) is 4.79 Å². The molecule has 168 valence electrons. The quantitative estimate of drug-likeness (QED) is 0.660. The van der Waals surface area contributed by atoms with Crippen molar-refractivity contribution in [1.82, 2.24) is 4.90 Å². The van der Waals surface area contributed by atoms with Gasteiger partial charge in [0.2, 0.25) is 0 Å². The van der Waals surface area contributed by atoms with Gasteiger partial charge in [0.05, 0.1) is 14.2 Å². The number of aliphatic carboxylic acids is 1. The van der Waals surface area contributed by atoms with Crippen LogP contribution in [0.25, 0.3) is 0 Å². The molecule has 1 heterocycles. The molecule has 0 aromatic heterocycles. The number of carboxylic acids is 1. The predicted molar refractivity (Wildman–Crippen MR) is 113 cm³/mol. The van der Waals surface area contributed by atoms with E-state index in [1.165, 1.54) is 19.1 Å². The van der Waals surface area contributed by atoms with Crippen LogP contribution in [0, 0.1) is 0 Å². The zero-order chi connectivity index (χ0) is 22.8. The molecule has 8 nitrogen and oxygen atoms in total. The second kappa shape index (κ2) is 11.0. The Morgan fingerprint density at radius 3 is 2.25 bits per heavy atom. The largest absolute Gasteiger partial charge is 1.00 e. The maximum Gasteiger partial charge on any atom is 1.00 e. The predicted octanol–water partition coefficient (Wildman–Crippen LogP) is 1.28. The van der Waals surface area contributed by atoms with Gasteiger partial charge in [-0.3, -0.25) is 4.90 Å². The van der Waals surface area contributed by atoms with Gasteiger partial charge in [0, 0.05) is 11.6 Å². The van der Waals surface area contributed by atoms with E-state index < -0.39 is 36.0 Å². The van der Waals surface area contributed by atoms with E-state index in [2.05, 4.69) is 0 Å². The number of ether oxygens (including phenoxy) is 4. The summed E-state index contributed by atoms with van der Waals surface area (Å²) in [5.74, 6) is -0.232. The van der Waals surface area contributed by atoms with E-state index >= 15 is 0 Å². The molecule has 0 bridgehead atoms. The molecular formula is C23H28KNO7. The minimum atomic E-state index is -1.30. The van der Waals surface area contributed by atoms with E-state index in [9.17, 15) is 14.7 Å². The first-order chi connectivity index (χ1) is 14.7. The number of benzene rings is 2. The molecule has 1 aliphatic heterocycles. The summed E-state index contributed by atoms with van der Waals surface area (Å²) in [5, 5.41) is 9.90. The molecule has 1 saturated heterocycles. The molecule has 0 spiro atoms. The van der Waals surface area contributed by atoms with Crippen LogP contribution in [-0.2, 0) is 14.3 Å². The summed E-state index contributed by atoms with van der Waals surface area (Å²) in [4.78, 5) is 26.7. The van der Waals surface area contributed by atoms with Gasteiger partial charge in [-0.2, -0.15) is 0 Å². The fourth-order valence-electron chi connectivity index (χ4n) is 3.52. The fourth-order valence-corrected chi connectivity index (χ4v) is 3.52. The fraction of sp³-hybridized carbons (Fsp3) is 0.391. The molecule has 32 heavy (non-hydrogen) atoms. The first kappa shape index (κ1) is 26.6. The number of amides is 1. The Bertz CT molecular complexity index is 952. The zero-order valence-electron chi connectivity index (χ0n) is 20.2. The van der Waals surface area contributed by atoms with Crippen LogP contribution in [0.1, 0.15) is 45.6 Å². The Balaban J connectivity index is 0.00000272. The van der Waals surface area contributed by atoms with Crippen molar-refractivity contribution in [3.05, 3.63) is 59.7 Å².